The first-order chi connectivity index (χ1) is 15.4. The fraction of sp³-hybridized carbons (Fsp3) is 0.381. The molecule has 0 aliphatic carbocycles. The molecule has 1 aromatic carbocycles. The molecule has 178 valence electrons. The Balaban J connectivity index is 1.73. The van der Waals surface area contributed by atoms with Crippen LogP contribution in [0.25, 0.3) is 0 Å². The van der Waals surface area contributed by atoms with E-state index >= 15 is 0 Å². The monoisotopic (exact) mass is 474 g/mol. The van der Waals surface area contributed by atoms with Gasteiger partial charge in [0.1, 0.15) is 12.2 Å². The molecule has 1 fully saturated rings. The lowest BCUT2D eigenvalue weighted by molar-refractivity contribution is -0.141. The van der Waals surface area contributed by atoms with Gasteiger partial charge in [0, 0.05) is 12.2 Å². The van der Waals surface area contributed by atoms with Gasteiger partial charge in [-0.1, -0.05) is 19.4 Å². The Morgan fingerprint density at radius 3 is 2.42 bits per heavy atom. The van der Waals surface area contributed by atoms with Gasteiger partial charge in [0.2, 0.25) is 5.91 Å². The van der Waals surface area contributed by atoms with E-state index in [1.54, 1.807) is 0 Å². The number of nitrogens with zero attached hydrogens (tertiary/aromatic N) is 3. The lowest BCUT2D eigenvalue weighted by Crippen LogP contribution is -2.40. The van der Waals surface area contributed by atoms with E-state index < -0.39 is 48.1 Å². The van der Waals surface area contributed by atoms with Crippen molar-refractivity contribution in [2.75, 3.05) is 23.3 Å². The Kier molecular flexibility index (Phi) is 6.84. The Hall–Kier alpha value is -3.31. The van der Waals surface area contributed by atoms with Gasteiger partial charge in [0.05, 0.1) is 23.5 Å². The molecule has 6 nitrogen and oxygen atoms in total. The Morgan fingerprint density at radius 1 is 1.12 bits per heavy atom. The average molecular weight is 474 g/mol. The lowest BCUT2D eigenvalue weighted by atomic mass is 10.1. The van der Waals surface area contributed by atoms with Gasteiger partial charge in [0.25, 0.3) is 0 Å². The summed E-state index contributed by atoms with van der Waals surface area (Å²) in [5.41, 5.74) is -1.95. The Bertz CT molecular complexity index is 1010. The van der Waals surface area contributed by atoms with Gasteiger partial charge in [0.15, 0.2) is 0 Å². The zero-order valence-corrected chi connectivity index (χ0v) is 17.4. The van der Waals surface area contributed by atoms with Crippen LogP contribution in [-0.4, -0.2) is 41.0 Å². The van der Waals surface area contributed by atoms with Crippen LogP contribution in [0.15, 0.2) is 42.6 Å². The highest BCUT2D eigenvalue weighted by atomic mass is 19.4. The summed E-state index contributed by atoms with van der Waals surface area (Å²) >= 11 is 0. The van der Waals surface area contributed by atoms with E-state index in [0.29, 0.717) is 12.8 Å². The minimum atomic E-state index is -4.62. The molecule has 33 heavy (non-hydrogen) atoms. The SMILES string of the molecule is CCC[C@H]1CN(c2ccc(C(F)(F)F)nc2)C(=O)N1CC(=O)Nc1cccc(C(F)(F)F)c1. The van der Waals surface area contributed by atoms with Gasteiger partial charge in [-0.25, -0.2) is 9.78 Å². The third-order valence-corrected chi connectivity index (χ3v) is 5.07. The zero-order valence-electron chi connectivity index (χ0n) is 17.4. The highest BCUT2D eigenvalue weighted by molar-refractivity contribution is 5.99. The summed E-state index contributed by atoms with van der Waals surface area (Å²) in [6.07, 6.45) is -7.06. The smallest absolute Gasteiger partial charge is 0.325 e. The number of alkyl halides is 6. The van der Waals surface area contributed by atoms with E-state index in [4.69, 9.17) is 0 Å². The van der Waals surface area contributed by atoms with Gasteiger partial charge in [-0.05, 0) is 36.8 Å². The molecule has 0 unspecified atom stereocenters. The normalized spacial score (nSPS) is 16.9. The summed E-state index contributed by atoms with van der Waals surface area (Å²) in [6.45, 7) is 1.58. The molecule has 1 saturated heterocycles. The number of halogens is 6. The third kappa shape index (κ3) is 5.74. The summed E-state index contributed by atoms with van der Waals surface area (Å²) < 4.78 is 76.9. The summed E-state index contributed by atoms with van der Waals surface area (Å²) in [4.78, 5) is 31.2. The number of pyridine rings is 1. The molecule has 1 atom stereocenters. The first-order valence-corrected chi connectivity index (χ1v) is 9.98. The first kappa shape index (κ1) is 24.3. The van der Waals surface area contributed by atoms with Gasteiger partial charge >= 0.3 is 18.4 Å². The van der Waals surface area contributed by atoms with Crippen molar-refractivity contribution < 1.29 is 35.9 Å². The molecule has 0 spiro atoms. The fourth-order valence-electron chi connectivity index (χ4n) is 3.53. The Morgan fingerprint density at radius 2 is 1.85 bits per heavy atom. The van der Waals surface area contributed by atoms with Gasteiger partial charge < -0.3 is 10.2 Å². The molecule has 12 heteroatoms. The number of hydrogen-bond donors (Lipinski definition) is 1. The maximum absolute atomic E-state index is 12.9. The van der Waals surface area contributed by atoms with E-state index in [0.717, 1.165) is 36.5 Å². The number of benzene rings is 1. The van der Waals surface area contributed by atoms with Crippen LogP contribution >= 0.6 is 0 Å². The Labute approximate surface area is 185 Å². The van der Waals surface area contributed by atoms with E-state index in [1.165, 1.54) is 15.9 Å². The van der Waals surface area contributed by atoms with Crippen LogP contribution in [-0.2, 0) is 17.1 Å². The van der Waals surface area contributed by atoms with Crippen LogP contribution in [0.3, 0.4) is 0 Å². The summed E-state index contributed by atoms with van der Waals surface area (Å²) in [6, 6.07) is 4.98. The van der Waals surface area contributed by atoms with Crippen molar-refractivity contribution in [3.8, 4) is 0 Å². The number of carbonyl (C=O) groups is 2. The van der Waals surface area contributed by atoms with E-state index in [-0.39, 0.29) is 17.9 Å². The second-order valence-electron chi connectivity index (χ2n) is 7.49. The number of urea groups is 1. The van der Waals surface area contributed by atoms with Crippen LogP contribution in [0.5, 0.6) is 0 Å². The number of hydrogen-bond acceptors (Lipinski definition) is 3. The molecule has 0 saturated carbocycles. The largest absolute Gasteiger partial charge is 0.433 e. The number of carbonyl (C=O) groups excluding carboxylic acids is 2. The van der Waals surface area contributed by atoms with Crippen LogP contribution in [0.2, 0.25) is 0 Å². The molecule has 3 rings (SSSR count). The van der Waals surface area contributed by atoms with Crippen molar-refractivity contribution in [1.29, 1.82) is 0 Å². The molecule has 0 bridgehead atoms. The molecule has 2 aromatic rings. The molecule has 3 amide bonds. The molecular weight excluding hydrogens is 454 g/mol. The minimum Gasteiger partial charge on any atom is -0.325 e. The van der Waals surface area contributed by atoms with Crippen molar-refractivity contribution in [3.63, 3.8) is 0 Å². The molecule has 1 aromatic heterocycles. The van der Waals surface area contributed by atoms with E-state index in [1.807, 2.05) is 6.92 Å². The fourth-order valence-corrected chi connectivity index (χ4v) is 3.53. The maximum Gasteiger partial charge on any atom is 0.433 e. The molecule has 1 N–H and O–H groups in total. The first-order valence-electron chi connectivity index (χ1n) is 9.98. The van der Waals surface area contributed by atoms with Crippen LogP contribution in [0.4, 0.5) is 42.5 Å². The number of rotatable bonds is 6. The van der Waals surface area contributed by atoms with Crippen molar-refractivity contribution in [1.82, 2.24) is 9.88 Å². The molecular formula is C21H20F6N4O2. The minimum absolute atomic E-state index is 0.0719. The molecule has 0 radical (unpaired) electrons. The van der Waals surface area contributed by atoms with Gasteiger partial charge in [-0.2, -0.15) is 26.3 Å². The summed E-state index contributed by atoms with van der Waals surface area (Å²) in [5, 5.41) is 2.35. The average Bonchev–Trinajstić information content (AvgIpc) is 3.03. The highest BCUT2D eigenvalue weighted by Crippen LogP contribution is 2.32. The lowest BCUT2D eigenvalue weighted by Gasteiger charge is -2.22. The van der Waals surface area contributed by atoms with Gasteiger partial charge in [-0.3, -0.25) is 9.69 Å². The standard InChI is InChI=1S/C21H20F6N4O2/c1-2-4-16-11-30(15-7-8-17(28-10-15)21(25,26)27)19(33)31(16)12-18(32)29-14-6-3-5-13(9-14)20(22,23)24/h3,5-10,16H,2,4,11-12H2,1H3,(H,29,32)/t16-/m0/s1. The van der Waals surface area contributed by atoms with Crippen LogP contribution in [0.1, 0.15) is 31.0 Å². The van der Waals surface area contributed by atoms with Crippen molar-refractivity contribution in [3.05, 3.63) is 53.9 Å². The predicted molar refractivity (Wildman–Crippen MR) is 107 cm³/mol. The number of amides is 3. The zero-order chi connectivity index (χ0) is 24.4. The topological polar surface area (TPSA) is 65.5 Å². The molecule has 1 aliphatic rings. The van der Waals surface area contributed by atoms with Crippen LogP contribution in [0, 0.1) is 0 Å². The van der Waals surface area contributed by atoms with Crippen molar-refractivity contribution in [2.24, 2.45) is 0 Å². The quantitative estimate of drug-likeness (QED) is 0.588. The maximum atomic E-state index is 12.9. The molecule has 2 heterocycles. The summed E-state index contributed by atoms with van der Waals surface area (Å²) in [5.74, 6) is -0.698. The van der Waals surface area contributed by atoms with E-state index in [2.05, 4.69) is 10.3 Å². The van der Waals surface area contributed by atoms with Crippen LogP contribution < -0.4 is 10.2 Å². The number of aromatic nitrogens is 1. The van der Waals surface area contributed by atoms with Crippen molar-refractivity contribution >= 4 is 23.3 Å². The third-order valence-electron chi connectivity index (χ3n) is 5.07. The van der Waals surface area contributed by atoms with Crippen molar-refractivity contribution in [2.45, 2.75) is 38.2 Å². The summed E-state index contributed by atoms with van der Waals surface area (Å²) in [7, 11) is 0. The number of anilines is 2. The second kappa shape index (κ2) is 9.28. The number of nitrogens with one attached hydrogen (secondary N) is 1. The van der Waals surface area contributed by atoms with E-state index in [9.17, 15) is 35.9 Å². The molecule has 1 aliphatic heterocycles. The van der Waals surface area contributed by atoms with Gasteiger partial charge in [-0.15, -0.1) is 0 Å². The predicted octanol–water partition coefficient (Wildman–Crippen LogP) is 5.17. The highest BCUT2D eigenvalue weighted by Gasteiger charge is 2.39. The second-order valence-corrected chi connectivity index (χ2v) is 7.49.